The maximum atomic E-state index is 2.45. The second kappa shape index (κ2) is 5.00. The van der Waals surface area contributed by atoms with Gasteiger partial charge >= 0.3 is 0 Å². The highest BCUT2D eigenvalue weighted by atomic mass is 14.4. The van der Waals surface area contributed by atoms with Gasteiger partial charge in [0.15, 0.2) is 0 Å². The molecule has 0 aliphatic heterocycles. The SMILES string of the molecule is CCCCCCC[C]1CC2C=CC1C2. The Bertz CT molecular complexity index is 192. The van der Waals surface area contributed by atoms with Gasteiger partial charge in [0.1, 0.15) is 0 Å². The van der Waals surface area contributed by atoms with Crippen LogP contribution < -0.4 is 0 Å². The first kappa shape index (κ1) is 10.3. The van der Waals surface area contributed by atoms with E-state index in [4.69, 9.17) is 0 Å². The van der Waals surface area contributed by atoms with Crippen molar-refractivity contribution in [2.24, 2.45) is 11.8 Å². The topological polar surface area (TPSA) is 0 Å². The van der Waals surface area contributed by atoms with Crippen molar-refractivity contribution in [1.29, 1.82) is 0 Å². The molecule has 0 spiro atoms. The van der Waals surface area contributed by atoms with Gasteiger partial charge in [-0.3, -0.25) is 0 Å². The van der Waals surface area contributed by atoms with E-state index >= 15 is 0 Å². The molecule has 2 aliphatic rings. The minimum absolute atomic E-state index is 0.895. The first-order valence-corrected chi connectivity index (χ1v) is 6.43. The van der Waals surface area contributed by atoms with Gasteiger partial charge in [-0.05, 0) is 37.0 Å². The molecule has 2 bridgehead atoms. The smallest absolute Gasteiger partial charge is 0.0165 e. The largest absolute Gasteiger partial charge is 0.0851 e. The van der Waals surface area contributed by atoms with Crippen LogP contribution in [-0.4, -0.2) is 0 Å². The molecule has 2 aliphatic carbocycles. The maximum absolute atomic E-state index is 2.45. The third kappa shape index (κ3) is 2.40. The van der Waals surface area contributed by atoms with E-state index in [9.17, 15) is 0 Å². The predicted molar refractivity (Wildman–Crippen MR) is 62.0 cm³/mol. The van der Waals surface area contributed by atoms with E-state index in [2.05, 4.69) is 19.1 Å². The maximum Gasteiger partial charge on any atom is -0.0165 e. The van der Waals surface area contributed by atoms with Crippen molar-refractivity contribution in [3.05, 3.63) is 18.1 Å². The lowest BCUT2D eigenvalue weighted by Crippen LogP contribution is -2.03. The minimum atomic E-state index is 0.895. The molecule has 79 valence electrons. The fourth-order valence-corrected chi connectivity index (χ4v) is 2.96. The van der Waals surface area contributed by atoms with Crippen LogP contribution in [0.3, 0.4) is 0 Å². The Kier molecular flexibility index (Phi) is 3.67. The Morgan fingerprint density at radius 3 is 2.64 bits per heavy atom. The first-order chi connectivity index (χ1) is 6.90. The molecule has 0 aromatic carbocycles. The summed E-state index contributed by atoms with van der Waals surface area (Å²) in [7, 11) is 0. The second-order valence-electron chi connectivity index (χ2n) is 5.01. The molecule has 1 radical (unpaired) electrons. The molecule has 0 N–H and O–H groups in total. The van der Waals surface area contributed by atoms with Gasteiger partial charge in [0, 0.05) is 0 Å². The zero-order valence-electron chi connectivity index (χ0n) is 9.47. The molecule has 0 saturated heterocycles. The number of unbranched alkanes of at least 4 members (excludes halogenated alkanes) is 4. The molecule has 0 amide bonds. The zero-order valence-corrected chi connectivity index (χ0v) is 9.47. The molecular weight excluding hydrogens is 168 g/mol. The molecule has 1 fully saturated rings. The molecule has 2 unspecified atom stereocenters. The van der Waals surface area contributed by atoms with Gasteiger partial charge in [0.05, 0.1) is 0 Å². The van der Waals surface area contributed by atoms with E-state index in [1.54, 1.807) is 0 Å². The fraction of sp³-hybridized carbons (Fsp3) is 0.786. The summed E-state index contributed by atoms with van der Waals surface area (Å²) in [6, 6.07) is 0. The van der Waals surface area contributed by atoms with Gasteiger partial charge in [-0.25, -0.2) is 0 Å². The number of hydrogen-bond donors (Lipinski definition) is 0. The van der Waals surface area contributed by atoms with Crippen molar-refractivity contribution in [2.45, 2.75) is 58.3 Å². The number of hydrogen-bond acceptors (Lipinski definition) is 0. The molecule has 1 saturated carbocycles. The summed E-state index contributed by atoms with van der Waals surface area (Å²) in [5.41, 5.74) is 0. The lowest BCUT2D eigenvalue weighted by Gasteiger charge is -2.16. The highest BCUT2D eigenvalue weighted by molar-refractivity contribution is 5.21. The monoisotopic (exact) mass is 191 g/mol. The van der Waals surface area contributed by atoms with Gasteiger partial charge in [-0.1, -0.05) is 51.2 Å². The van der Waals surface area contributed by atoms with Crippen LogP contribution in [0.25, 0.3) is 0 Å². The normalized spacial score (nSPS) is 30.4. The third-order valence-electron chi connectivity index (χ3n) is 3.82. The molecule has 0 aromatic heterocycles. The molecule has 0 heterocycles. The van der Waals surface area contributed by atoms with E-state index in [1.165, 1.54) is 51.4 Å². The lowest BCUT2D eigenvalue weighted by molar-refractivity contribution is 0.572. The van der Waals surface area contributed by atoms with Crippen molar-refractivity contribution in [1.82, 2.24) is 0 Å². The zero-order chi connectivity index (χ0) is 9.80. The van der Waals surface area contributed by atoms with E-state index in [0.717, 1.165) is 11.8 Å². The Morgan fingerprint density at radius 2 is 2.00 bits per heavy atom. The number of rotatable bonds is 6. The van der Waals surface area contributed by atoms with Gasteiger partial charge in [0.2, 0.25) is 0 Å². The summed E-state index contributed by atoms with van der Waals surface area (Å²) in [5.74, 6) is 3.70. The molecule has 14 heavy (non-hydrogen) atoms. The van der Waals surface area contributed by atoms with Gasteiger partial charge < -0.3 is 0 Å². The summed E-state index contributed by atoms with van der Waals surface area (Å²) < 4.78 is 0. The molecule has 0 aromatic rings. The third-order valence-corrected chi connectivity index (χ3v) is 3.82. The Labute approximate surface area is 88.8 Å². The van der Waals surface area contributed by atoms with Crippen molar-refractivity contribution in [3.63, 3.8) is 0 Å². The number of fused-ring (bicyclic) bond motifs is 2. The summed E-state index contributed by atoms with van der Waals surface area (Å²) in [6.07, 6.45) is 16.3. The first-order valence-electron chi connectivity index (χ1n) is 6.43. The molecule has 0 nitrogen and oxygen atoms in total. The van der Waals surface area contributed by atoms with Crippen LogP contribution in [0.5, 0.6) is 0 Å². The van der Waals surface area contributed by atoms with Crippen LogP contribution in [0.2, 0.25) is 0 Å². The van der Waals surface area contributed by atoms with Crippen LogP contribution in [0.4, 0.5) is 0 Å². The predicted octanol–water partition coefficient (Wildman–Crippen LogP) is 4.52. The van der Waals surface area contributed by atoms with Crippen molar-refractivity contribution < 1.29 is 0 Å². The number of allylic oxidation sites excluding steroid dienone is 2. The van der Waals surface area contributed by atoms with Crippen molar-refractivity contribution in [2.75, 3.05) is 0 Å². The average molecular weight is 191 g/mol. The lowest BCUT2D eigenvalue weighted by atomic mass is 9.88. The molecular formula is C14H23. The van der Waals surface area contributed by atoms with Crippen LogP contribution in [0.15, 0.2) is 12.2 Å². The summed E-state index contributed by atoms with van der Waals surface area (Å²) in [6.45, 7) is 2.29. The Hall–Kier alpha value is -0.260. The van der Waals surface area contributed by atoms with Crippen LogP contribution in [0.1, 0.15) is 58.3 Å². The van der Waals surface area contributed by atoms with Crippen molar-refractivity contribution in [3.8, 4) is 0 Å². The van der Waals surface area contributed by atoms with E-state index < -0.39 is 0 Å². The van der Waals surface area contributed by atoms with Gasteiger partial charge in [-0.15, -0.1) is 0 Å². The molecule has 0 heteroatoms. The van der Waals surface area contributed by atoms with Crippen molar-refractivity contribution >= 4 is 0 Å². The molecule has 2 atom stereocenters. The Balaban J connectivity index is 1.56. The van der Waals surface area contributed by atoms with Gasteiger partial charge in [-0.2, -0.15) is 0 Å². The van der Waals surface area contributed by atoms with E-state index in [0.29, 0.717) is 0 Å². The Morgan fingerprint density at radius 1 is 1.14 bits per heavy atom. The molecule has 2 rings (SSSR count). The highest BCUT2D eigenvalue weighted by Gasteiger charge is 2.35. The summed E-state index contributed by atoms with van der Waals surface area (Å²) in [5, 5.41) is 0. The summed E-state index contributed by atoms with van der Waals surface area (Å²) >= 11 is 0. The summed E-state index contributed by atoms with van der Waals surface area (Å²) in [4.78, 5) is 0. The van der Waals surface area contributed by atoms with Gasteiger partial charge in [0.25, 0.3) is 0 Å². The van der Waals surface area contributed by atoms with Crippen LogP contribution >= 0.6 is 0 Å². The fourth-order valence-electron chi connectivity index (χ4n) is 2.96. The highest BCUT2D eigenvalue weighted by Crippen LogP contribution is 2.46. The average Bonchev–Trinajstić information content (AvgIpc) is 2.79. The minimum Gasteiger partial charge on any atom is -0.0851 e. The van der Waals surface area contributed by atoms with E-state index in [1.807, 2.05) is 5.92 Å². The standard InChI is InChI=1S/C14H23/c1-2-3-4-5-6-7-13-10-12-8-9-14(13)11-12/h8-9,12,14H,2-7,10-11H2,1H3. The van der Waals surface area contributed by atoms with Crippen LogP contribution in [0, 0.1) is 17.8 Å². The second-order valence-corrected chi connectivity index (χ2v) is 5.01. The van der Waals surface area contributed by atoms with E-state index in [-0.39, 0.29) is 0 Å². The quantitative estimate of drug-likeness (QED) is 0.428. The van der Waals surface area contributed by atoms with Crippen LogP contribution in [-0.2, 0) is 0 Å².